The summed E-state index contributed by atoms with van der Waals surface area (Å²) in [4.78, 5) is 47.3. The maximum absolute atomic E-state index is 13.2. The molecular formula is C25H20ClN5O3. The van der Waals surface area contributed by atoms with Gasteiger partial charge in [0.15, 0.2) is 0 Å². The largest absolute Gasteiger partial charge is 0.324 e. The average molecular weight is 474 g/mol. The maximum atomic E-state index is 13.2. The molecule has 3 amide bonds. The number of nitrogens with zero attached hydrogens (tertiary/aromatic N) is 2. The smallest absolute Gasteiger partial charge is 0.257 e. The number of benzene rings is 3. The van der Waals surface area contributed by atoms with Crippen molar-refractivity contribution in [3.63, 3.8) is 0 Å². The van der Waals surface area contributed by atoms with Crippen LogP contribution in [0.2, 0.25) is 5.02 Å². The normalized spacial score (nSPS) is 15.6. The number of fused-ring (bicyclic) bond motifs is 2. The summed E-state index contributed by atoms with van der Waals surface area (Å²) >= 11 is 6.03. The Kier molecular flexibility index (Phi) is 5.51. The zero-order chi connectivity index (χ0) is 23.8. The van der Waals surface area contributed by atoms with E-state index in [1.165, 1.54) is 4.90 Å². The Balaban J connectivity index is 1.32. The highest BCUT2D eigenvalue weighted by Gasteiger charge is 2.32. The minimum absolute atomic E-state index is 0.209. The molecule has 0 spiro atoms. The van der Waals surface area contributed by atoms with E-state index in [1.807, 2.05) is 24.3 Å². The molecule has 1 aliphatic heterocycles. The first-order valence-corrected chi connectivity index (χ1v) is 11.0. The van der Waals surface area contributed by atoms with E-state index in [9.17, 15) is 14.4 Å². The Bertz CT molecular complexity index is 1400. The molecule has 3 N–H and O–H groups in total. The zero-order valence-electron chi connectivity index (χ0n) is 18.1. The number of hydrogen-bond acceptors (Lipinski definition) is 4. The van der Waals surface area contributed by atoms with E-state index < -0.39 is 6.04 Å². The number of rotatable bonds is 4. The van der Waals surface area contributed by atoms with Crippen molar-refractivity contribution < 1.29 is 14.4 Å². The third-order valence-corrected chi connectivity index (χ3v) is 6.00. The molecule has 170 valence electrons. The van der Waals surface area contributed by atoms with Crippen molar-refractivity contribution in [2.45, 2.75) is 19.5 Å². The number of carbonyl (C=O) groups is 3. The number of imidazole rings is 1. The lowest BCUT2D eigenvalue weighted by atomic mass is 10.1. The van der Waals surface area contributed by atoms with Crippen molar-refractivity contribution in [3.05, 3.63) is 88.4 Å². The molecule has 0 fully saturated rings. The van der Waals surface area contributed by atoms with E-state index in [0.717, 1.165) is 16.6 Å². The molecule has 1 aliphatic rings. The summed E-state index contributed by atoms with van der Waals surface area (Å²) in [7, 11) is 0. The van der Waals surface area contributed by atoms with Crippen LogP contribution in [-0.2, 0) is 11.3 Å². The van der Waals surface area contributed by atoms with Crippen molar-refractivity contribution >= 4 is 52.0 Å². The first-order chi connectivity index (χ1) is 16.4. The Morgan fingerprint density at radius 2 is 1.85 bits per heavy atom. The molecule has 1 aromatic heterocycles. The van der Waals surface area contributed by atoms with Crippen LogP contribution in [0.25, 0.3) is 11.0 Å². The van der Waals surface area contributed by atoms with Crippen LogP contribution >= 0.6 is 11.6 Å². The minimum Gasteiger partial charge on any atom is -0.324 e. The molecule has 1 atom stereocenters. The van der Waals surface area contributed by atoms with Crippen molar-refractivity contribution in [2.24, 2.45) is 0 Å². The molecule has 3 aromatic carbocycles. The van der Waals surface area contributed by atoms with Gasteiger partial charge in [0.1, 0.15) is 6.04 Å². The van der Waals surface area contributed by atoms with Crippen LogP contribution in [0.15, 0.2) is 66.7 Å². The summed E-state index contributed by atoms with van der Waals surface area (Å²) in [6.45, 7) is 1.89. The van der Waals surface area contributed by atoms with Gasteiger partial charge in [-0.1, -0.05) is 35.9 Å². The number of H-pyrrole nitrogens is 1. The maximum Gasteiger partial charge on any atom is 0.257 e. The summed E-state index contributed by atoms with van der Waals surface area (Å²) in [6.07, 6.45) is 0. The number of aromatic amines is 1. The third kappa shape index (κ3) is 4.11. The SMILES string of the molecule is CC1C(=O)Nc2cc(Cl)ccc2C(=O)N1Cc1ccc(C(=O)Nc2nc3ccccc3[nH]2)cc1. The highest BCUT2D eigenvalue weighted by molar-refractivity contribution is 6.31. The Morgan fingerprint density at radius 3 is 2.62 bits per heavy atom. The van der Waals surface area contributed by atoms with Crippen molar-refractivity contribution in [2.75, 3.05) is 10.6 Å². The lowest BCUT2D eigenvalue weighted by Crippen LogP contribution is -2.42. The topological polar surface area (TPSA) is 107 Å². The van der Waals surface area contributed by atoms with E-state index >= 15 is 0 Å². The molecule has 4 aromatic rings. The number of aromatic nitrogens is 2. The van der Waals surface area contributed by atoms with Crippen LogP contribution in [-0.4, -0.2) is 38.6 Å². The van der Waals surface area contributed by atoms with E-state index in [4.69, 9.17) is 11.6 Å². The second-order valence-corrected chi connectivity index (χ2v) is 8.48. The highest BCUT2D eigenvalue weighted by atomic mass is 35.5. The van der Waals surface area contributed by atoms with Gasteiger partial charge in [-0.3, -0.25) is 19.7 Å². The Hall–Kier alpha value is -4.17. The first-order valence-electron chi connectivity index (χ1n) is 10.7. The molecule has 34 heavy (non-hydrogen) atoms. The van der Waals surface area contributed by atoms with E-state index in [-0.39, 0.29) is 24.3 Å². The van der Waals surface area contributed by atoms with Crippen molar-refractivity contribution in [3.8, 4) is 0 Å². The van der Waals surface area contributed by atoms with Crippen LogP contribution in [0, 0.1) is 0 Å². The Morgan fingerprint density at radius 1 is 1.09 bits per heavy atom. The van der Waals surface area contributed by atoms with Crippen LogP contribution < -0.4 is 10.6 Å². The minimum atomic E-state index is -0.685. The molecule has 8 nitrogen and oxygen atoms in total. The number of amides is 3. The quantitative estimate of drug-likeness (QED) is 0.407. The number of carbonyl (C=O) groups excluding carboxylic acids is 3. The molecule has 0 bridgehead atoms. The molecule has 5 rings (SSSR count). The van der Waals surface area contributed by atoms with E-state index in [1.54, 1.807) is 49.4 Å². The summed E-state index contributed by atoms with van der Waals surface area (Å²) in [5.41, 5.74) is 3.59. The van der Waals surface area contributed by atoms with Gasteiger partial charge in [-0.05, 0) is 55.0 Å². The summed E-state index contributed by atoms with van der Waals surface area (Å²) in [5.74, 6) is -0.514. The highest BCUT2D eigenvalue weighted by Crippen LogP contribution is 2.27. The standard InChI is InChI=1S/C25H20ClN5O3/c1-14-22(32)27-21-12-17(26)10-11-18(21)24(34)31(14)13-15-6-8-16(9-7-15)23(33)30-25-28-19-4-2-3-5-20(19)29-25/h2-12,14H,13H2,1H3,(H,27,32)(H2,28,29,30,33). The number of hydrogen-bond donors (Lipinski definition) is 3. The summed E-state index contributed by atoms with van der Waals surface area (Å²) < 4.78 is 0. The number of nitrogens with one attached hydrogen (secondary N) is 3. The van der Waals surface area contributed by atoms with Crippen LogP contribution in [0.3, 0.4) is 0 Å². The second kappa shape index (κ2) is 8.64. The second-order valence-electron chi connectivity index (χ2n) is 8.04. The molecular weight excluding hydrogens is 454 g/mol. The Labute approximate surface area is 199 Å². The van der Waals surface area contributed by atoms with Crippen LogP contribution in [0.4, 0.5) is 11.6 Å². The van der Waals surface area contributed by atoms with Gasteiger partial charge < -0.3 is 15.2 Å². The number of anilines is 2. The molecule has 0 radical (unpaired) electrons. The summed E-state index contributed by atoms with van der Waals surface area (Å²) in [6, 6.07) is 18.5. The molecule has 1 unspecified atom stereocenters. The molecule has 2 heterocycles. The fraction of sp³-hybridized carbons (Fsp3) is 0.120. The van der Waals surface area contributed by atoms with Gasteiger partial charge in [0.05, 0.1) is 22.3 Å². The van der Waals surface area contributed by atoms with Gasteiger partial charge in [0.25, 0.3) is 11.8 Å². The monoisotopic (exact) mass is 473 g/mol. The van der Waals surface area contributed by atoms with Crippen LogP contribution in [0.5, 0.6) is 0 Å². The van der Waals surface area contributed by atoms with E-state index in [0.29, 0.717) is 27.8 Å². The van der Waals surface area contributed by atoms with Gasteiger partial charge >= 0.3 is 0 Å². The van der Waals surface area contributed by atoms with Crippen molar-refractivity contribution in [1.29, 1.82) is 0 Å². The number of halogens is 1. The van der Waals surface area contributed by atoms with E-state index in [2.05, 4.69) is 20.6 Å². The molecule has 0 saturated carbocycles. The molecule has 9 heteroatoms. The lowest BCUT2D eigenvalue weighted by molar-refractivity contribution is -0.120. The third-order valence-electron chi connectivity index (χ3n) is 5.77. The molecule has 0 aliphatic carbocycles. The van der Waals surface area contributed by atoms with Gasteiger partial charge in [-0.15, -0.1) is 0 Å². The predicted molar refractivity (Wildman–Crippen MR) is 130 cm³/mol. The summed E-state index contributed by atoms with van der Waals surface area (Å²) in [5, 5.41) is 5.96. The lowest BCUT2D eigenvalue weighted by Gasteiger charge is -2.26. The van der Waals surface area contributed by atoms with Gasteiger partial charge in [0, 0.05) is 17.1 Å². The van der Waals surface area contributed by atoms with Gasteiger partial charge in [0.2, 0.25) is 11.9 Å². The van der Waals surface area contributed by atoms with Crippen LogP contribution in [0.1, 0.15) is 33.2 Å². The first kappa shape index (κ1) is 21.7. The predicted octanol–water partition coefficient (Wildman–Crippen LogP) is 4.45. The fourth-order valence-corrected chi connectivity index (χ4v) is 4.05. The zero-order valence-corrected chi connectivity index (χ0v) is 18.9. The van der Waals surface area contributed by atoms with Gasteiger partial charge in [-0.2, -0.15) is 0 Å². The fourth-order valence-electron chi connectivity index (χ4n) is 3.87. The average Bonchev–Trinajstić information content (AvgIpc) is 3.21. The van der Waals surface area contributed by atoms with Crippen molar-refractivity contribution in [1.82, 2.24) is 14.9 Å². The number of para-hydroxylation sites is 2. The van der Waals surface area contributed by atoms with Gasteiger partial charge in [-0.25, -0.2) is 4.98 Å². The molecule has 0 saturated heterocycles.